The van der Waals surface area contributed by atoms with E-state index in [1.807, 2.05) is 54.6 Å². The molecule has 0 aliphatic carbocycles. The summed E-state index contributed by atoms with van der Waals surface area (Å²) in [6.45, 7) is 0. The molecule has 1 heterocycles. The third-order valence-electron chi connectivity index (χ3n) is 4.06. The Bertz CT molecular complexity index is 1110. The van der Waals surface area contributed by atoms with Gasteiger partial charge in [0.05, 0.1) is 0 Å². The number of hydrogen-bond acceptors (Lipinski definition) is 4. The summed E-state index contributed by atoms with van der Waals surface area (Å²) < 4.78 is 41.3. The molecule has 140 valence electrons. The van der Waals surface area contributed by atoms with Gasteiger partial charge in [0.1, 0.15) is 11.4 Å². The largest absolute Gasteiger partial charge is 0.573 e. The van der Waals surface area contributed by atoms with Crippen molar-refractivity contribution in [1.29, 1.82) is 0 Å². The lowest BCUT2D eigenvalue weighted by Gasteiger charge is -2.13. The fraction of sp³-hybridized carbons (Fsp3) is 0.0476. The molecule has 0 atom stereocenters. The van der Waals surface area contributed by atoms with Crippen LogP contribution in [-0.2, 0) is 0 Å². The van der Waals surface area contributed by atoms with Crippen molar-refractivity contribution in [2.24, 2.45) is 0 Å². The van der Waals surface area contributed by atoms with Crippen LogP contribution in [0.1, 0.15) is 0 Å². The minimum atomic E-state index is -4.75. The van der Waals surface area contributed by atoms with Gasteiger partial charge in [-0.3, -0.25) is 0 Å². The summed E-state index contributed by atoms with van der Waals surface area (Å²) >= 11 is 0. The van der Waals surface area contributed by atoms with Crippen LogP contribution < -0.4 is 10.1 Å². The third-order valence-corrected chi connectivity index (χ3v) is 4.06. The Morgan fingerprint density at radius 2 is 1.46 bits per heavy atom. The third kappa shape index (κ3) is 3.88. The van der Waals surface area contributed by atoms with E-state index in [0.29, 0.717) is 11.5 Å². The van der Waals surface area contributed by atoms with Crippen LogP contribution in [0.25, 0.3) is 22.0 Å². The summed E-state index contributed by atoms with van der Waals surface area (Å²) in [7, 11) is 0. The summed E-state index contributed by atoms with van der Waals surface area (Å²) in [6, 6.07) is 22.8. The number of nitrogens with one attached hydrogen (secondary N) is 1. The zero-order chi connectivity index (χ0) is 19.6. The van der Waals surface area contributed by atoms with Crippen LogP contribution in [0.4, 0.5) is 24.7 Å². The molecule has 3 aromatic carbocycles. The molecule has 1 N–H and O–H groups in total. The summed E-state index contributed by atoms with van der Waals surface area (Å²) in [5.74, 6) is 0.134. The molecule has 4 nitrogen and oxygen atoms in total. The van der Waals surface area contributed by atoms with Gasteiger partial charge in [-0.25, -0.2) is 0 Å². The maximum Gasteiger partial charge on any atom is 0.573 e. The highest BCUT2D eigenvalue weighted by molar-refractivity contribution is 6.00. The van der Waals surface area contributed by atoms with E-state index in [-0.39, 0.29) is 5.75 Å². The van der Waals surface area contributed by atoms with Crippen molar-refractivity contribution in [3.8, 4) is 17.0 Å². The predicted octanol–water partition coefficient (Wildman–Crippen LogP) is 5.94. The van der Waals surface area contributed by atoms with E-state index >= 15 is 0 Å². The molecule has 0 saturated carbocycles. The van der Waals surface area contributed by atoms with Gasteiger partial charge >= 0.3 is 6.36 Å². The second kappa shape index (κ2) is 7.19. The molecule has 0 bridgehead atoms. The van der Waals surface area contributed by atoms with Crippen molar-refractivity contribution >= 4 is 22.3 Å². The number of alkyl halides is 3. The smallest absolute Gasteiger partial charge is 0.406 e. The van der Waals surface area contributed by atoms with Gasteiger partial charge in [-0.05, 0) is 12.1 Å². The molecule has 0 radical (unpaired) electrons. The highest BCUT2D eigenvalue weighted by Crippen LogP contribution is 2.32. The number of hydrogen-bond donors (Lipinski definition) is 1. The van der Waals surface area contributed by atoms with Crippen molar-refractivity contribution in [1.82, 2.24) is 10.2 Å². The van der Waals surface area contributed by atoms with Crippen LogP contribution in [0.3, 0.4) is 0 Å². The number of fused-ring (bicyclic) bond motifs is 1. The van der Waals surface area contributed by atoms with Gasteiger partial charge in [-0.1, -0.05) is 60.7 Å². The standard InChI is InChI=1S/C21H14F3N3O/c22-21(23,24)28-16-10-6-9-15(13-16)25-20-18-12-5-4-11-17(18)19(26-27-20)14-7-2-1-3-8-14/h1-13H,(H,25,27). The van der Waals surface area contributed by atoms with Crippen LogP contribution in [-0.4, -0.2) is 16.6 Å². The summed E-state index contributed by atoms with van der Waals surface area (Å²) in [5.41, 5.74) is 2.07. The summed E-state index contributed by atoms with van der Waals surface area (Å²) in [5, 5.41) is 13.3. The number of anilines is 2. The average molecular weight is 381 g/mol. The van der Waals surface area contributed by atoms with Gasteiger partial charge in [0.2, 0.25) is 0 Å². The number of aromatic nitrogens is 2. The van der Waals surface area contributed by atoms with Gasteiger partial charge in [0.25, 0.3) is 0 Å². The van der Waals surface area contributed by atoms with Gasteiger partial charge in [0.15, 0.2) is 5.82 Å². The van der Waals surface area contributed by atoms with E-state index in [9.17, 15) is 13.2 Å². The van der Waals surface area contributed by atoms with Crippen LogP contribution in [0.15, 0.2) is 78.9 Å². The lowest BCUT2D eigenvalue weighted by molar-refractivity contribution is -0.274. The average Bonchev–Trinajstić information content (AvgIpc) is 2.68. The Morgan fingerprint density at radius 1 is 0.750 bits per heavy atom. The first-order chi connectivity index (χ1) is 13.5. The number of nitrogens with zero attached hydrogens (tertiary/aromatic N) is 2. The van der Waals surface area contributed by atoms with E-state index in [1.54, 1.807) is 6.07 Å². The fourth-order valence-electron chi connectivity index (χ4n) is 2.91. The number of rotatable bonds is 4. The lowest BCUT2D eigenvalue weighted by Crippen LogP contribution is -2.17. The molecule has 4 aromatic rings. The van der Waals surface area contributed by atoms with E-state index in [0.717, 1.165) is 22.0 Å². The van der Waals surface area contributed by atoms with Crippen LogP contribution >= 0.6 is 0 Å². The lowest BCUT2D eigenvalue weighted by atomic mass is 10.0. The molecule has 0 aliphatic heterocycles. The quantitative estimate of drug-likeness (QED) is 0.475. The summed E-state index contributed by atoms with van der Waals surface area (Å²) in [6.07, 6.45) is -4.75. The zero-order valence-corrected chi connectivity index (χ0v) is 14.4. The fourth-order valence-corrected chi connectivity index (χ4v) is 2.91. The molecule has 0 amide bonds. The van der Waals surface area contributed by atoms with Gasteiger partial charge in [-0.2, -0.15) is 0 Å². The SMILES string of the molecule is FC(F)(F)Oc1cccc(Nc2nnc(-c3ccccc3)c3ccccc23)c1. The molecule has 0 fully saturated rings. The Labute approximate surface area is 158 Å². The minimum Gasteiger partial charge on any atom is -0.406 e. The van der Waals surface area contributed by atoms with E-state index < -0.39 is 6.36 Å². The van der Waals surface area contributed by atoms with Crippen molar-refractivity contribution < 1.29 is 17.9 Å². The van der Waals surface area contributed by atoms with E-state index in [1.165, 1.54) is 18.2 Å². The Morgan fingerprint density at radius 3 is 2.21 bits per heavy atom. The number of ether oxygens (including phenoxy) is 1. The molecule has 1 aromatic heterocycles. The molecule has 28 heavy (non-hydrogen) atoms. The van der Waals surface area contributed by atoms with Gasteiger partial charge in [-0.15, -0.1) is 23.4 Å². The second-order valence-electron chi connectivity index (χ2n) is 6.01. The van der Waals surface area contributed by atoms with E-state index in [4.69, 9.17) is 0 Å². The minimum absolute atomic E-state index is 0.310. The normalized spacial score (nSPS) is 11.4. The Kier molecular flexibility index (Phi) is 4.57. The van der Waals surface area contributed by atoms with Crippen LogP contribution in [0.5, 0.6) is 5.75 Å². The number of benzene rings is 3. The van der Waals surface area contributed by atoms with E-state index in [2.05, 4.69) is 20.3 Å². The molecule has 0 unspecified atom stereocenters. The second-order valence-corrected chi connectivity index (χ2v) is 6.01. The van der Waals surface area contributed by atoms with Crippen LogP contribution in [0.2, 0.25) is 0 Å². The van der Waals surface area contributed by atoms with Crippen molar-refractivity contribution in [3.63, 3.8) is 0 Å². The molecule has 7 heteroatoms. The topological polar surface area (TPSA) is 47.0 Å². The number of halogens is 3. The van der Waals surface area contributed by atoms with Crippen molar-refractivity contribution in [2.75, 3.05) is 5.32 Å². The van der Waals surface area contributed by atoms with Gasteiger partial charge in [0, 0.05) is 28.1 Å². The maximum absolute atomic E-state index is 12.4. The summed E-state index contributed by atoms with van der Waals surface area (Å²) in [4.78, 5) is 0. The molecule has 4 rings (SSSR count). The molecule has 0 saturated heterocycles. The van der Waals surface area contributed by atoms with Crippen molar-refractivity contribution in [2.45, 2.75) is 6.36 Å². The first-order valence-corrected chi connectivity index (χ1v) is 8.43. The Hall–Kier alpha value is -3.61. The zero-order valence-electron chi connectivity index (χ0n) is 14.4. The monoisotopic (exact) mass is 381 g/mol. The van der Waals surface area contributed by atoms with Gasteiger partial charge < -0.3 is 10.1 Å². The van der Waals surface area contributed by atoms with Crippen LogP contribution in [0, 0.1) is 0 Å². The molecular formula is C21H14F3N3O. The molecule has 0 spiro atoms. The molecular weight excluding hydrogens is 367 g/mol. The molecule has 0 aliphatic rings. The highest BCUT2D eigenvalue weighted by atomic mass is 19.4. The first kappa shape index (κ1) is 17.8. The Balaban J connectivity index is 1.72. The maximum atomic E-state index is 12.4. The first-order valence-electron chi connectivity index (χ1n) is 8.43. The highest BCUT2D eigenvalue weighted by Gasteiger charge is 2.31. The van der Waals surface area contributed by atoms with Crippen molar-refractivity contribution in [3.05, 3.63) is 78.9 Å². The predicted molar refractivity (Wildman–Crippen MR) is 101 cm³/mol.